The molecule has 6 nitrogen and oxygen atoms in total. The molecule has 108 valence electrons. The summed E-state index contributed by atoms with van der Waals surface area (Å²) in [5, 5.41) is 12.5. The maximum Gasteiger partial charge on any atom is 0.401 e. The Morgan fingerprint density at radius 3 is 2.74 bits per heavy atom. The highest BCUT2D eigenvalue weighted by Crippen LogP contribution is 2.17. The lowest BCUT2D eigenvalue weighted by atomic mass is 10.4. The number of carboxylic acid groups (broad SMARTS) is 1. The van der Waals surface area contributed by atoms with Gasteiger partial charge in [0.2, 0.25) is 0 Å². The molecule has 0 atom stereocenters. The molecule has 19 heavy (non-hydrogen) atoms. The Kier molecular flexibility index (Phi) is 5.28. The third-order valence-electron chi connectivity index (χ3n) is 2.26. The van der Waals surface area contributed by atoms with Gasteiger partial charge in [-0.2, -0.15) is 18.3 Å². The molecule has 0 radical (unpaired) electrons. The summed E-state index contributed by atoms with van der Waals surface area (Å²) in [6.45, 7) is 0.237. The maximum absolute atomic E-state index is 12.4. The lowest BCUT2D eigenvalue weighted by Gasteiger charge is -2.21. The number of nitrogens with zero attached hydrogens (tertiary/aromatic N) is 4. The van der Waals surface area contributed by atoms with Gasteiger partial charge in [0, 0.05) is 6.54 Å². The molecule has 1 rings (SSSR count). The van der Waals surface area contributed by atoms with Crippen molar-refractivity contribution in [3.63, 3.8) is 0 Å². The lowest BCUT2D eigenvalue weighted by Crippen LogP contribution is -2.38. The second kappa shape index (κ2) is 6.50. The van der Waals surface area contributed by atoms with Gasteiger partial charge in [0.25, 0.3) is 0 Å². The molecule has 1 aromatic rings. The maximum atomic E-state index is 12.4. The van der Waals surface area contributed by atoms with E-state index >= 15 is 0 Å². The summed E-state index contributed by atoms with van der Waals surface area (Å²) in [5.41, 5.74) is 0. The van der Waals surface area contributed by atoms with Crippen LogP contribution in [0.15, 0.2) is 6.33 Å². The van der Waals surface area contributed by atoms with Gasteiger partial charge in [0.15, 0.2) is 0 Å². The number of alkyl halides is 3. The van der Waals surface area contributed by atoms with Gasteiger partial charge in [-0.25, -0.2) is 9.67 Å². The molecule has 1 heterocycles. The van der Waals surface area contributed by atoms with Crippen molar-refractivity contribution in [2.24, 2.45) is 0 Å². The van der Waals surface area contributed by atoms with Crippen molar-refractivity contribution in [1.82, 2.24) is 19.7 Å². The molecule has 0 saturated carbocycles. The summed E-state index contributed by atoms with van der Waals surface area (Å²) in [4.78, 5) is 15.2. The van der Waals surface area contributed by atoms with Crippen LogP contribution in [-0.2, 0) is 17.9 Å². The Morgan fingerprint density at radius 1 is 1.53 bits per heavy atom. The van der Waals surface area contributed by atoms with E-state index < -0.39 is 25.2 Å². The number of carboxylic acids is 1. The molecule has 0 aliphatic heterocycles. The van der Waals surface area contributed by atoms with E-state index in [9.17, 15) is 18.0 Å². The van der Waals surface area contributed by atoms with Crippen LogP contribution in [0.5, 0.6) is 0 Å². The molecule has 0 aliphatic carbocycles. The van der Waals surface area contributed by atoms with Crippen LogP contribution in [0.3, 0.4) is 0 Å². The van der Waals surface area contributed by atoms with E-state index in [4.69, 9.17) is 5.11 Å². The van der Waals surface area contributed by atoms with Gasteiger partial charge >= 0.3 is 12.1 Å². The summed E-state index contributed by atoms with van der Waals surface area (Å²) in [7, 11) is 0. The molecule has 9 heteroatoms. The van der Waals surface area contributed by atoms with Crippen LogP contribution in [0, 0.1) is 0 Å². The van der Waals surface area contributed by atoms with Crippen molar-refractivity contribution < 1.29 is 23.1 Å². The topological polar surface area (TPSA) is 71.2 Å². The number of aromatic nitrogens is 3. The highest BCUT2D eigenvalue weighted by Gasteiger charge is 2.32. The van der Waals surface area contributed by atoms with E-state index in [0.717, 1.165) is 11.3 Å². The average Bonchev–Trinajstić information content (AvgIpc) is 2.62. The number of hydrogen-bond acceptors (Lipinski definition) is 4. The molecule has 0 aliphatic rings. The molecular weight excluding hydrogens is 265 g/mol. The first-order valence-electron chi connectivity index (χ1n) is 5.69. The summed E-state index contributed by atoms with van der Waals surface area (Å²) < 4.78 is 38.5. The standard InChI is InChI=1S/C10H15F3N4O2/c1-2-3-17-8(14-7-15-17)4-16(5-9(18)19)6-10(11,12)13/h7H,2-6H2,1H3,(H,18,19). The van der Waals surface area contributed by atoms with Crippen LogP contribution in [0.2, 0.25) is 0 Å². The molecule has 0 saturated heterocycles. The molecule has 0 unspecified atom stereocenters. The molecule has 0 amide bonds. The number of carbonyl (C=O) groups is 1. The van der Waals surface area contributed by atoms with Gasteiger partial charge in [0.05, 0.1) is 19.6 Å². The highest BCUT2D eigenvalue weighted by molar-refractivity contribution is 5.69. The predicted octanol–water partition coefficient (Wildman–Crippen LogP) is 1.14. The van der Waals surface area contributed by atoms with Crippen molar-refractivity contribution in [3.8, 4) is 0 Å². The first-order valence-corrected chi connectivity index (χ1v) is 5.69. The summed E-state index contributed by atoms with van der Waals surface area (Å²) in [6, 6.07) is 0. The highest BCUT2D eigenvalue weighted by atomic mass is 19.4. The van der Waals surface area contributed by atoms with Gasteiger partial charge in [-0.3, -0.25) is 9.69 Å². The number of hydrogen-bond donors (Lipinski definition) is 1. The zero-order chi connectivity index (χ0) is 14.5. The molecular formula is C10H15F3N4O2. The largest absolute Gasteiger partial charge is 0.480 e. The van der Waals surface area contributed by atoms with Crippen molar-refractivity contribution >= 4 is 5.97 Å². The number of aliphatic carboxylic acids is 1. The van der Waals surface area contributed by atoms with Gasteiger partial charge in [-0.15, -0.1) is 0 Å². The zero-order valence-electron chi connectivity index (χ0n) is 10.4. The first-order chi connectivity index (χ1) is 8.81. The van der Waals surface area contributed by atoms with Crippen LogP contribution >= 0.6 is 0 Å². The van der Waals surface area contributed by atoms with Crippen LogP contribution in [0.1, 0.15) is 19.2 Å². The van der Waals surface area contributed by atoms with Crippen LogP contribution in [0.25, 0.3) is 0 Å². The SMILES string of the molecule is CCCn1ncnc1CN(CC(=O)O)CC(F)(F)F. The van der Waals surface area contributed by atoms with Gasteiger partial charge in [-0.05, 0) is 6.42 Å². The van der Waals surface area contributed by atoms with Crippen molar-refractivity contribution in [3.05, 3.63) is 12.2 Å². The van der Waals surface area contributed by atoms with Gasteiger partial charge < -0.3 is 5.11 Å². The average molecular weight is 280 g/mol. The Hall–Kier alpha value is -1.64. The second-order valence-corrected chi connectivity index (χ2v) is 4.05. The Balaban J connectivity index is 2.75. The Morgan fingerprint density at radius 2 is 2.21 bits per heavy atom. The van der Waals surface area contributed by atoms with E-state index in [0.29, 0.717) is 12.4 Å². The molecule has 0 spiro atoms. The van der Waals surface area contributed by atoms with E-state index in [1.54, 1.807) is 0 Å². The monoisotopic (exact) mass is 280 g/mol. The van der Waals surface area contributed by atoms with E-state index in [1.165, 1.54) is 11.0 Å². The third-order valence-corrected chi connectivity index (χ3v) is 2.26. The number of rotatable bonds is 7. The van der Waals surface area contributed by atoms with Gasteiger partial charge in [-0.1, -0.05) is 6.92 Å². The Bertz CT molecular complexity index is 419. The Labute approximate surface area is 107 Å². The fourth-order valence-electron chi connectivity index (χ4n) is 1.62. The molecule has 0 aromatic carbocycles. The summed E-state index contributed by atoms with van der Waals surface area (Å²) in [6.07, 6.45) is -2.45. The second-order valence-electron chi connectivity index (χ2n) is 4.05. The smallest absolute Gasteiger partial charge is 0.401 e. The van der Waals surface area contributed by atoms with Crippen molar-refractivity contribution in [2.45, 2.75) is 32.6 Å². The minimum absolute atomic E-state index is 0.203. The van der Waals surface area contributed by atoms with Crippen LogP contribution < -0.4 is 0 Å². The summed E-state index contributed by atoms with van der Waals surface area (Å²) >= 11 is 0. The minimum Gasteiger partial charge on any atom is -0.480 e. The molecule has 0 bridgehead atoms. The molecule has 0 fully saturated rings. The number of halogens is 3. The normalized spacial score (nSPS) is 12.1. The van der Waals surface area contributed by atoms with E-state index in [1.807, 2.05) is 6.92 Å². The lowest BCUT2D eigenvalue weighted by molar-refractivity contribution is -0.155. The van der Waals surface area contributed by atoms with E-state index in [-0.39, 0.29) is 6.54 Å². The van der Waals surface area contributed by atoms with Gasteiger partial charge in [0.1, 0.15) is 12.2 Å². The number of aryl methyl sites for hydroxylation is 1. The summed E-state index contributed by atoms with van der Waals surface area (Å²) in [5.74, 6) is -0.988. The third kappa shape index (κ3) is 5.69. The fraction of sp³-hybridized carbons (Fsp3) is 0.700. The first kappa shape index (κ1) is 15.4. The minimum atomic E-state index is -4.45. The zero-order valence-corrected chi connectivity index (χ0v) is 10.4. The van der Waals surface area contributed by atoms with Crippen LogP contribution in [0.4, 0.5) is 13.2 Å². The van der Waals surface area contributed by atoms with Crippen molar-refractivity contribution in [2.75, 3.05) is 13.1 Å². The van der Waals surface area contributed by atoms with Crippen LogP contribution in [-0.4, -0.2) is 50.0 Å². The molecule has 1 N–H and O–H groups in total. The van der Waals surface area contributed by atoms with Crippen molar-refractivity contribution in [1.29, 1.82) is 0 Å². The predicted molar refractivity (Wildman–Crippen MR) is 59.3 cm³/mol. The van der Waals surface area contributed by atoms with E-state index in [2.05, 4.69) is 10.1 Å². The fourth-order valence-corrected chi connectivity index (χ4v) is 1.62. The quantitative estimate of drug-likeness (QED) is 0.811. The molecule has 1 aromatic heterocycles.